The van der Waals surface area contributed by atoms with Gasteiger partial charge in [0, 0.05) is 36.7 Å². The van der Waals surface area contributed by atoms with Crippen LogP contribution >= 0.6 is 0 Å². The molecule has 1 fully saturated rings. The number of nitrogens with zero attached hydrogens (tertiary/aromatic N) is 2. The summed E-state index contributed by atoms with van der Waals surface area (Å²) in [6.07, 6.45) is 1.59. The Morgan fingerprint density at radius 3 is 2.28 bits per heavy atom. The summed E-state index contributed by atoms with van der Waals surface area (Å²) in [5, 5.41) is 12.9. The molecule has 39 heavy (non-hydrogen) atoms. The van der Waals surface area contributed by atoms with Gasteiger partial charge in [-0.25, -0.2) is 4.79 Å². The van der Waals surface area contributed by atoms with Gasteiger partial charge in [0.05, 0.1) is 17.7 Å². The lowest BCUT2D eigenvalue weighted by Crippen LogP contribution is -2.38. The van der Waals surface area contributed by atoms with Crippen molar-refractivity contribution in [1.82, 2.24) is 9.47 Å². The van der Waals surface area contributed by atoms with Gasteiger partial charge in [0.15, 0.2) is 0 Å². The van der Waals surface area contributed by atoms with Crippen LogP contribution in [0.15, 0.2) is 78.9 Å². The molecule has 4 aromatic rings. The number of esters is 1. The number of rotatable bonds is 7. The minimum atomic E-state index is -0.615. The number of fused-ring (bicyclic) bond motifs is 1. The third kappa shape index (κ3) is 5.56. The van der Waals surface area contributed by atoms with Crippen molar-refractivity contribution in [2.75, 3.05) is 31.6 Å². The monoisotopic (exact) mass is 525 g/mol. The van der Waals surface area contributed by atoms with Gasteiger partial charge in [0.2, 0.25) is 0 Å². The van der Waals surface area contributed by atoms with Crippen molar-refractivity contribution in [3.8, 4) is 0 Å². The number of carbonyl (C=O) groups is 3. The van der Waals surface area contributed by atoms with Gasteiger partial charge in [-0.3, -0.25) is 9.59 Å². The SMILES string of the molecule is Cn1c(C(=O)Nc2ccc(C3CCN(C(=O)c4ccccc4C(=O)OCCO)CC3)cc2)cc2ccccc21. The number of hydrogen-bond acceptors (Lipinski definition) is 5. The third-order valence-corrected chi connectivity index (χ3v) is 7.31. The largest absolute Gasteiger partial charge is 0.460 e. The molecule has 0 radical (unpaired) electrons. The number of piperidine rings is 1. The number of para-hydroxylation sites is 1. The summed E-state index contributed by atoms with van der Waals surface area (Å²) >= 11 is 0. The Bertz CT molecular complexity index is 1500. The van der Waals surface area contributed by atoms with Gasteiger partial charge in [0.25, 0.3) is 11.8 Å². The van der Waals surface area contributed by atoms with Gasteiger partial charge < -0.3 is 24.6 Å². The van der Waals surface area contributed by atoms with Crippen LogP contribution in [-0.4, -0.2) is 58.7 Å². The molecule has 1 aliphatic rings. The summed E-state index contributed by atoms with van der Waals surface area (Å²) in [6.45, 7) is 0.761. The molecule has 3 aromatic carbocycles. The number of carbonyl (C=O) groups excluding carboxylic acids is 3. The number of aliphatic hydroxyl groups is 1. The first-order valence-corrected chi connectivity index (χ1v) is 13.1. The Hall–Kier alpha value is -4.43. The molecule has 0 aliphatic carbocycles. The van der Waals surface area contributed by atoms with Crippen LogP contribution in [0, 0.1) is 0 Å². The van der Waals surface area contributed by atoms with Gasteiger partial charge in [-0.1, -0.05) is 42.5 Å². The predicted octanol–water partition coefficient (Wildman–Crippen LogP) is 4.60. The molecule has 0 atom stereocenters. The topological polar surface area (TPSA) is 101 Å². The summed E-state index contributed by atoms with van der Waals surface area (Å²) in [4.78, 5) is 40.3. The average Bonchev–Trinajstić information content (AvgIpc) is 3.32. The zero-order chi connectivity index (χ0) is 27.4. The van der Waals surface area contributed by atoms with E-state index in [0.717, 1.165) is 35.0 Å². The zero-order valence-electron chi connectivity index (χ0n) is 21.8. The quantitative estimate of drug-likeness (QED) is 0.344. The fourth-order valence-electron chi connectivity index (χ4n) is 5.19. The van der Waals surface area contributed by atoms with Crippen LogP contribution in [0.25, 0.3) is 10.9 Å². The maximum absolute atomic E-state index is 13.2. The first kappa shape index (κ1) is 26.2. The van der Waals surface area contributed by atoms with Crippen LogP contribution in [0.4, 0.5) is 5.69 Å². The number of amides is 2. The van der Waals surface area contributed by atoms with E-state index in [0.29, 0.717) is 30.3 Å². The number of likely N-dealkylation sites (tertiary alicyclic amines) is 1. The van der Waals surface area contributed by atoms with Gasteiger partial charge >= 0.3 is 5.97 Å². The van der Waals surface area contributed by atoms with Crippen LogP contribution in [-0.2, 0) is 11.8 Å². The molecule has 1 aliphatic heterocycles. The van der Waals surface area contributed by atoms with E-state index in [4.69, 9.17) is 9.84 Å². The summed E-state index contributed by atoms with van der Waals surface area (Å²) in [7, 11) is 1.89. The molecule has 8 nitrogen and oxygen atoms in total. The third-order valence-electron chi connectivity index (χ3n) is 7.31. The lowest BCUT2D eigenvalue weighted by molar-refractivity contribution is 0.0427. The normalized spacial score (nSPS) is 13.8. The van der Waals surface area contributed by atoms with Crippen LogP contribution in [0.1, 0.15) is 55.5 Å². The van der Waals surface area contributed by atoms with E-state index in [2.05, 4.69) is 5.32 Å². The fourth-order valence-corrected chi connectivity index (χ4v) is 5.19. The molecule has 1 aromatic heterocycles. The van der Waals surface area contributed by atoms with Crippen molar-refractivity contribution in [3.63, 3.8) is 0 Å². The summed E-state index contributed by atoms with van der Waals surface area (Å²) in [5.74, 6) is -0.678. The molecular weight excluding hydrogens is 494 g/mol. The van der Waals surface area contributed by atoms with Gasteiger partial charge in [-0.15, -0.1) is 0 Å². The molecule has 2 N–H and O–H groups in total. The van der Waals surface area contributed by atoms with Crippen molar-refractivity contribution in [2.24, 2.45) is 7.05 Å². The van der Waals surface area contributed by atoms with Crippen molar-refractivity contribution < 1.29 is 24.2 Å². The fraction of sp³-hybridized carbons (Fsp3) is 0.258. The van der Waals surface area contributed by atoms with E-state index in [-0.39, 0.29) is 30.6 Å². The summed E-state index contributed by atoms with van der Waals surface area (Å²) in [6, 6.07) is 24.3. The Morgan fingerprint density at radius 2 is 1.59 bits per heavy atom. The first-order valence-electron chi connectivity index (χ1n) is 13.1. The van der Waals surface area contributed by atoms with E-state index in [1.165, 1.54) is 0 Å². The highest BCUT2D eigenvalue weighted by molar-refractivity contribution is 6.06. The predicted molar refractivity (Wildman–Crippen MR) is 149 cm³/mol. The Kier molecular flexibility index (Phi) is 7.74. The van der Waals surface area contributed by atoms with Crippen LogP contribution in [0.5, 0.6) is 0 Å². The van der Waals surface area contributed by atoms with E-state index in [1.54, 1.807) is 29.2 Å². The molecule has 2 heterocycles. The van der Waals surface area contributed by atoms with E-state index >= 15 is 0 Å². The minimum Gasteiger partial charge on any atom is -0.460 e. The number of anilines is 1. The van der Waals surface area contributed by atoms with Crippen molar-refractivity contribution in [1.29, 1.82) is 0 Å². The van der Waals surface area contributed by atoms with Crippen molar-refractivity contribution in [3.05, 3.63) is 101 Å². The highest BCUT2D eigenvalue weighted by Gasteiger charge is 2.27. The number of nitrogens with one attached hydrogen (secondary N) is 1. The lowest BCUT2D eigenvalue weighted by Gasteiger charge is -2.32. The molecular formula is C31H31N3O5. The maximum Gasteiger partial charge on any atom is 0.339 e. The molecule has 1 saturated heterocycles. The molecule has 8 heteroatoms. The summed E-state index contributed by atoms with van der Waals surface area (Å²) < 4.78 is 6.91. The Labute approximate surface area is 226 Å². The smallest absolute Gasteiger partial charge is 0.339 e. The number of aromatic nitrogens is 1. The number of hydrogen-bond donors (Lipinski definition) is 2. The van der Waals surface area contributed by atoms with E-state index < -0.39 is 5.97 Å². The molecule has 2 amide bonds. The van der Waals surface area contributed by atoms with Crippen molar-refractivity contribution >= 4 is 34.4 Å². The molecule has 0 spiro atoms. The summed E-state index contributed by atoms with van der Waals surface area (Å²) in [5.41, 5.74) is 4.02. The van der Waals surface area contributed by atoms with Gasteiger partial charge in [-0.05, 0) is 60.7 Å². The molecule has 0 saturated carbocycles. The maximum atomic E-state index is 13.2. The molecule has 5 rings (SSSR count). The second-order valence-electron chi connectivity index (χ2n) is 9.70. The minimum absolute atomic E-state index is 0.113. The lowest BCUT2D eigenvalue weighted by atomic mass is 9.89. The molecule has 200 valence electrons. The van der Waals surface area contributed by atoms with E-state index in [9.17, 15) is 14.4 Å². The second-order valence-corrected chi connectivity index (χ2v) is 9.70. The Morgan fingerprint density at radius 1 is 0.923 bits per heavy atom. The number of aryl methyl sites for hydroxylation is 1. The Balaban J connectivity index is 1.19. The number of ether oxygens (including phenoxy) is 1. The van der Waals surface area contributed by atoms with Crippen LogP contribution in [0.3, 0.4) is 0 Å². The van der Waals surface area contributed by atoms with Gasteiger partial charge in [0.1, 0.15) is 12.3 Å². The van der Waals surface area contributed by atoms with Crippen molar-refractivity contribution in [2.45, 2.75) is 18.8 Å². The van der Waals surface area contributed by atoms with Crippen LogP contribution in [0.2, 0.25) is 0 Å². The zero-order valence-corrected chi connectivity index (χ0v) is 21.8. The average molecular weight is 526 g/mol. The number of benzene rings is 3. The second kappa shape index (κ2) is 11.5. The van der Waals surface area contributed by atoms with Crippen LogP contribution < -0.4 is 5.32 Å². The first-order chi connectivity index (χ1) is 19.0. The van der Waals surface area contributed by atoms with Gasteiger partial charge in [-0.2, -0.15) is 0 Å². The van der Waals surface area contributed by atoms with E-state index in [1.807, 2.05) is 66.2 Å². The number of aliphatic hydroxyl groups excluding tert-OH is 1. The highest BCUT2D eigenvalue weighted by atomic mass is 16.5. The molecule has 0 unspecified atom stereocenters. The highest BCUT2D eigenvalue weighted by Crippen LogP contribution is 2.30. The standard InChI is InChI=1S/C31H31N3O5/c1-33-27-9-5-2-6-23(27)20-28(33)29(36)32-24-12-10-21(11-13-24)22-14-16-34(17-15-22)30(37)25-7-3-4-8-26(25)31(38)39-19-18-35/h2-13,20,22,35H,14-19H2,1H3,(H,32,36). The molecule has 0 bridgehead atoms.